The molecule has 4 heteroatoms. The van der Waals surface area contributed by atoms with Gasteiger partial charge in [-0.1, -0.05) is 158 Å². The number of fused-ring (bicyclic) bond motifs is 16. The Balaban J connectivity index is 1.28. The highest BCUT2D eigenvalue weighted by Gasteiger charge is 2.51. The topological polar surface area (TPSA) is 39.9 Å². The van der Waals surface area contributed by atoms with Crippen LogP contribution < -0.4 is 4.74 Å². The second kappa shape index (κ2) is 10.5. The van der Waals surface area contributed by atoms with E-state index < -0.39 is 5.41 Å². The quantitative estimate of drug-likeness (QED) is 0.183. The molecule has 0 radical (unpaired) electrons. The molecular formula is C49H29N3O. The number of hydrogen-bond acceptors (Lipinski definition) is 3. The second-order valence-electron chi connectivity index (χ2n) is 14.0. The molecule has 0 saturated heterocycles. The summed E-state index contributed by atoms with van der Waals surface area (Å²) >= 11 is 0. The molecule has 53 heavy (non-hydrogen) atoms. The van der Waals surface area contributed by atoms with E-state index in [1.54, 1.807) is 0 Å². The van der Waals surface area contributed by atoms with Crippen molar-refractivity contribution in [1.82, 2.24) is 14.5 Å². The average Bonchev–Trinajstić information content (AvgIpc) is 3.73. The summed E-state index contributed by atoms with van der Waals surface area (Å²) < 4.78 is 9.49. The van der Waals surface area contributed by atoms with Crippen molar-refractivity contribution < 1.29 is 4.74 Å². The summed E-state index contributed by atoms with van der Waals surface area (Å²) in [5.41, 5.74) is 11.5. The standard InChI is InChI=1S/C49H29N3O/c1-2-15-31(16-3-1)45-35-20-8-12-24-41(35)50-48(51-45)52-42-29-26-30-14-4-5-17-32(30)44(42)36-27-28-40-47(46(36)52)53-43-25-13-11-23-39(43)49(40)37-21-9-6-18-33(37)34-19-7-10-22-38(34)49/h1-29H. The summed E-state index contributed by atoms with van der Waals surface area (Å²) in [5.74, 6) is 2.28. The van der Waals surface area contributed by atoms with Crippen LogP contribution in [-0.2, 0) is 5.41 Å². The SMILES string of the molecule is c1ccc(-c2nc(-n3c4ccc5ccccc5c4c4ccc5c(c43)Oc3ccccc3C53c4ccccc4-c4ccccc43)nc3ccccc23)cc1. The van der Waals surface area contributed by atoms with E-state index in [2.05, 4.69) is 168 Å². The van der Waals surface area contributed by atoms with E-state index in [-0.39, 0.29) is 0 Å². The van der Waals surface area contributed by atoms with Gasteiger partial charge in [0, 0.05) is 32.8 Å². The zero-order valence-corrected chi connectivity index (χ0v) is 28.5. The molecule has 4 nitrogen and oxygen atoms in total. The van der Waals surface area contributed by atoms with Gasteiger partial charge >= 0.3 is 0 Å². The maximum atomic E-state index is 7.24. The summed E-state index contributed by atoms with van der Waals surface area (Å²) in [5, 5.41) is 5.63. The van der Waals surface area contributed by atoms with Gasteiger partial charge in [-0.3, -0.25) is 4.57 Å². The number of para-hydroxylation sites is 2. The minimum Gasteiger partial charge on any atom is -0.454 e. The number of aromatic nitrogens is 3. The Labute approximate surface area is 305 Å². The van der Waals surface area contributed by atoms with Gasteiger partial charge in [0.15, 0.2) is 5.75 Å². The lowest BCUT2D eigenvalue weighted by molar-refractivity contribution is 0.440. The molecule has 0 amide bonds. The zero-order valence-electron chi connectivity index (χ0n) is 28.5. The third-order valence-electron chi connectivity index (χ3n) is 11.5. The first-order valence-corrected chi connectivity index (χ1v) is 18.1. The number of benzene rings is 8. The van der Waals surface area contributed by atoms with Crippen molar-refractivity contribution >= 4 is 43.5 Å². The predicted octanol–water partition coefficient (Wildman–Crippen LogP) is 12.0. The smallest absolute Gasteiger partial charge is 0.235 e. The first-order valence-electron chi connectivity index (χ1n) is 18.1. The molecule has 1 spiro atoms. The van der Waals surface area contributed by atoms with Gasteiger partial charge in [-0.15, -0.1) is 0 Å². The first kappa shape index (κ1) is 28.6. The lowest BCUT2D eigenvalue weighted by Gasteiger charge is -2.39. The largest absolute Gasteiger partial charge is 0.454 e. The van der Waals surface area contributed by atoms with Crippen LogP contribution in [0.5, 0.6) is 11.5 Å². The zero-order chi connectivity index (χ0) is 34.7. The van der Waals surface area contributed by atoms with Crippen LogP contribution in [0.15, 0.2) is 176 Å². The fraction of sp³-hybridized carbons (Fsp3) is 0.0204. The number of rotatable bonds is 2. The summed E-state index contributed by atoms with van der Waals surface area (Å²) in [6.07, 6.45) is 0. The van der Waals surface area contributed by atoms with Gasteiger partial charge in [0.1, 0.15) is 11.3 Å². The van der Waals surface area contributed by atoms with Crippen LogP contribution in [0.2, 0.25) is 0 Å². The molecule has 0 bridgehead atoms. The Morgan fingerprint density at radius 1 is 0.472 bits per heavy atom. The van der Waals surface area contributed by atoms with E-state index in [0.29, 0.717) is 5.95 Å². The molecule has 2 aromatic heterocycles. The van der Waals surface area contributed by atoms with Gasteiger partial charge in [-0.25, -0.2) is 9.97 Å². The van der Waals surface area contributed by atoms with Crippen LogP contribution >= 0.6 is 0 Å². The Morgan fingerprint density at radius 3 is 1.94 bits per heavy atom. The fourth-order valence-electron chi connectivity index (χ4n) is 9.37. The van der Waals surface area contributed by atoms with Crippen LogP contribution in [0.25, 0.3) is 71.8 Å². The second-order valence-corrected chi connectivity index (χ2v) is 14.0. The van der Waals surface area contributed by atoms with Crippen LogP contribution in [0.4, 0.5) is 0 Å². The molecule has 8 aromatic carbocycles. The van der Waals surface area contributed by atoms with Crippen molar-refractivity contribution in [3.05, 3.63) is 198 Å². The highest BCUT2D eigenvalue weighted by Crippen LogP contribution is 2.63. The average molecular weight is 676 g/mol. The molecule has 1 aliphatic carbocycles. The normalized spacial score (nSPS) is 13.6. The van der Waals surface area contributed by atoms with Crippen LogP contribution in [-0.4, -0.2) is 14.5 Å². The number of ether oxygens (including phenoxy) is 1. The van der Waals surface area contributed by atoms with Gasteiger partial charge in [0.2, 0.25) is 5.95 Å². The van der Waals surface area contributed by atoms with Crippen molar-refractivity contribution in [2.24, 2.45) is 0 Å². The van der Waals surface area contributed by atoms with Crippen molar-refractivity contribution in [3.8, 4) is 39.8 Å². The van der Waals surface area contributed by atoms with Gasteiger partial charge in [-0.05, 0) is 51.2 Å². The lowest BCUT2D eigenvalue weighted by Crippen LogP contribution is -2.32. The maximum absolute atomic E-state index is 7.24. The summed E-state index contributed by atoms with van der Waals surface area (Å²) in [6, 6.07) is 62.7. The Kier molecular flexibility index (Phi) is 5.67. The Bertz CT molecular complexity index is 3110. The van der Waals surface area contributed by atoms with Gasteiger partial charge in [0.05, 0.1) is 22.1 Å². The monoisotopic (exact) mass is 675 g/mol. The van der Waals surface area contributed by atoms with Crippen molar-refractivity contribution in [2.45, 2.75) is 5.41 Å². The van der Waals surface area contributed by atoms with E-state index in [4.69, 9.17) is 14.7 Å². The van der Waals surface area contributed by atoms with Crippen molar-refractivity contribution in [3.63, 3.8) is 0 Å². The Morgan fingerprint density at radius 2 is 1.13 bits per heavy atom. The number of nitrogens with zero attached hydrogens (tertiary/aromatic N) is 3. The molecule has 10 aromatic rings. The minimum atomic E-state index is -0.589. The van der Waals surface area contributed by atoms with Crippen LogP contribution in [0, 0.1) is 0 Å². The molecular weight excluding hydrogens is 647 g/mol. The van der Waals surface area contributed by atoms with E-state index in [1.165, 1.54) is 33.0 Å². The molecule has 0 N–H and O–H groups in total. The van der Waals surface area contributed by atoms with Crippen molar-refractivity contribution in [1.29, 1.82) is 0 Å². The van der Waals surface area contributed by atoms with E-state index in [0.717, 1.165) is 66.6 Å². The highest BCUT2D eigenvalue weighted by atomic mass is 16.5. The fourth-order valence-corrected chi connectivity index (χ4v) is 9.37. The summed E-state index contributed by atoms with van der Waals surface area (Å²) in [7, 11) is 0. The van der Waals surface area contributed by atoms with E-state index in [1.807, 2.05) is 12.1 Å². The Hall–Kier alpha value is -7.04. The highest BCUT2D eigenvalue weighted by molar-refractivity contribution is 6.22. The molecule has 0 unspecified atom stereocenters. The van der Waals surface area contributed by atoms with Crippen molar-refractivity contribution in [2.75, 3.05) is 0 Å². The molecule has 12 rings (SSSR count). The van der Waals surface area contributed by atoms with E-state index >= 15 is 0 Å². The molecule has 0 atom stereocenters. The lowest BCUT2D eigenvalue weighted by atomic mass is 9.66. The summed E-state index contributed by atoms with van der Waals surface area (Å²) in [4.78, 5) is 10.8. The maximum Gasteiger partial charge on any atom is 0.235 e. The minimum absolute atomic E-state index is 0.589. The predicted molar refractivity (Wildman–Crippen MR) is 214 cm³/mol. The molecule has 246 valence electrons. The van der Waals surface area contributed by atoms with Gasteiger partial charge < -0.3 is 4.74 Å². The first-order chi connectivity index (χ1) is 26.3. The molecule has 0 fully saturated rings. The number of hydrogen-bond donors (Lipinski definition) is 0. The molecule has 0 saturated carbocycles. The van der Waals surface area contributed by atoms with Gasteiger partial charge in [-0.2, -0.15) is 0 Å². The van der Waals surface area contributed by atoms with E-state index in [9.17, 15) is 0 Å². The third-order valence-corrected chi connectivity index (χ3v) is 11.5. The summed E-state index contributed by atoms with van der Waals surface area (Å²) in [6.45, 7) is 0. The van der Waals surface area contributed by atoms with Gasteiger partial charge in [0.25, 0.3) is 0 Å². The molecule has 2 aliphatic rings. The molecule has 3 heterocycles. The van der Waals surface area contributed by atoms with Crippen LogP contribution in [0.3, 0.4) is 0 Å². The third kappa shape index (κ3) is 3.69. The molecule has 1 aliphatic heterocycles. The van der Waals surface area contributed by atoms with Crippen LogP contribution in [0.1, 0.15) is 22.3 Å².